The van der Waals surface area contributed by atoms with Gasteiger partial charge in [0.25, 0.3) is 0 Å². The molecule has 0 spiro atoms. The van der Waals surface area contributed by atoms with Crippen molar-refractivity contribution in [3.05, 3.63) is 83.7 Å². The van der Waals surface area contributed by atoms with Gasteiger partial charge in [-0.1, -0.05) is 60.7 Å². The molecule has 1 heterocycles. The maximum absolute atomic E-state index is 12.6. The monoisotopic (exact) mass is 298 g/mol. The lowest BCUT2D eigenvalue weighted by Crippen LogP contribution is -1.98. The van der Waals surface area contributed by atoms with Gasteiger partial charge in [0.1, 0.15) is 5.76 Å². The van der Waals surface area contributed by atoms with Crippen LogP contribution < -0.4 is 0 Å². The topological polar surface area (TPSA) is 35.5 Å². The number of benzene rings is 2. The molecule has 1 unspecified atom stereocenters. The highest BCUT2D eigenvalue weighted by Crippen LogP contribution is 2.57. The van der Waals surface area contributed by atoms with E-state index in [0.29, 0.717) is 5.76 Å². The molecular formula is C17H15O3P. The van der Waals surface area contributed by atoms with Crippen molar-refractivity contribution in [2.75, 3.05) is 7.11 Å². The van der Waals surface area contributed by atoms with Gasteiger partial charge in [-0.25, -0.2) is 4.57 Å². The summed E-state index contributed by atoms with van der Waals surface area (Å²) in [5, 5.41) is 0. The fourth-order valence-corrected chi connectivity index (χ4v) is 3.38. The first kappa shape index (κ1) is 13.9. The van der Waals surface area contributed by atoms with Crippen LogP contribution in [0.5, 0.6) is 0 Å². The highest BCUT2D eigenvalue weighted by atomic mass is 31.2. The molecule has 2 aromatic carbocycles. The summed E-state index contributed by atoms with van der Waals surface area (Å²) >= 11 is 0. The van der Waals surface area contributed by atoms with E-state index < -0.39 is 7.60 Å². The first-order valence-corrected chi connectivity index (χ1v) is 8.22. The molecule has 0 saturated carbocycles. The molecular weight excluding hydrogens is 283 g/mol. The van der Waals surface area contributed by atoms with Crippen LogP contribution in [0.1, 0.15) is 11.1 Å². The summed E-state index contributed by atoms with van der Waals surface area (Å²) in [6.07, 6.45) is 1.89. The minimum Gasteiger partial charge on any atom is -0.421 e. The molecule has 0 saturated heterocycles. The molecule has 1 aliphatic rings. The van der Waals surface area contributed by atoms with Crippen LogP contribution in [0.15, 0.2) is 72.6 Å². The Bertz CT molecular complexity index is 733. The molecule has 21 heavy (non-hydrogen) atoms. The fraction of sp³-hybridized carbons (Fsp3) is 0.0588. The van der Waals surface area contributed by atoms with Gasteiger partial charge in [0.2, 0.25) is 0 Å². The third kappa shape index (κ3) is 2.99. The van der Waals surface area contributed by atoms with Crippen LogP contribution in [0.3, 0.4) is 0 Å². The Hall–Kier alpha value is -2.09. The van der Waals surface area contributed by atoms with Crippen molar-refractivity contribution in [1.82, 2.24) is 0 Å². The molecule has 0 fully saturated rings. The lowest BCUT2D eigenvalue weighted by molar-refractivity contribution is 0.319. The van der Waals surface area contributed by atoms with Crippen LogP contribution in [-0.4, -0.2) is 7.11 Å². The first-order valence-electron chi connectivity index (χ1n) is 6.61. The normalized spacial score (nSPS) is 21.2. The van der Waals surface area contributed by atoms with Crippen LogP contribution in [0.25, 0.3) is 11.3 Å². The lowest BCUT2D eigenvalue weighted by Gasteiger charge is -2.22. The van der Waals surface area contributed by atoms with Crippen molar-refractivity contribution >= 4 is 18.9 Å². The summed E-state index contributed by atoms with van der Waals surface area (Å²) < 4.78 is 23.3. The van der Waals surface area contributed by atoms with Crippen molar-refractivity contribution in [2.45, 2.75) is 0 Å². The van der Waals surface area contributed by atoms with E-state index in [0.717, 1.165) is 16.7 Å². The van der Waals surface area contributed by atoms with Crippen LogP contribution in [0.2, 0.25) is 0 Å². The van der Waals surface area contributed by atoms with Gasteiger partial charge in [0.15, 0.2) is 0 Å². The van der Waals surface area contributed by atoms with Crippen molar-refractivity contribution < 1.29 is 13.6 Å². The third-order valence-electron chi connectivity index (χ3n) is 3.23. The Balaban J connectivity index is 2.09. The predicted molar refractivity (Wildman–Crippen MR) is 84.5 cm³/mol. The number of allylic oxidation sites excluding steroid dienone is 2. The minimum absolute atomic E-state index is 0.558. The molecule has 0 aliphatic carbocycles. The van der Waals surface area contributed by atoms with Gasteiger partial charge in [0, 0.05) is 18.5 Å². The molecule has 106 valence electrons. The predicted octanol–water partition coefficient (Wildman–Crippen LogP) is 4.94. The van der Waals surface area contributed by atoms with E-state index in [4.69, 9.17) is 9.05 Å². The Morgan fingerprint density at radius 2 is 1.48 bits per heavy atom. The summed E-state index contributed by atoms with van der Waals surface area (Å²) in [5.41, 5.74) is 2.69. The molecule has 2 aromatic rings. The van der Waals surface area contributed by atoms with Crippen molar-refractivity contribution in [3.8, 4) is 0 Å². The third-order valence-corrected chi connectivity index (χ3v) is 4.78. The zero-order chi connectivity index (χ0) is 14.7. The van der Waals surface area contributed by atoms with Gasteiger partial charge in [-0.3, -0.25) is 0 Å². The van der Waals surface area contributed by atoms with Gasteiger partial charge < -0.3 is 9.05 Å². The Morgan fingerprint density at radius 1 is 0.905 bits per heavy atom. The highest BCUT2D eigenvalue weighted by molar-refractivity contribution is 7.57. The standard InChI is InChI=1S/C17H15O3P/c1-19-21(18)13-16(14-8-4-2-5-9-14)12-17(20-21)15-10-6-3-7-11-15/h2-13H,1H3. The molecule has 3 nitrogen and oxygen atoms in total. The van der Waals surface area contributed by atoms with E-state index in [-0.39, 0.29) is 0 Å². The second-order valence-corrected chi connectivity index (χ2v) is 6.52. The zero-order valence-corrected chi connectivity index (χ0v) is 12.5. The summed E-state index contributed by atoms with van der Waals surface area (Å²) in [6, 6.07) is 19.4. The van der Waals surface area contributed by atoms with E-state index >= 15 is 0 Å². The molecule has 0 aromatic heterocycles. The second kappa shape index (κ2) is 5.72. The number of rotatable bonds is 3. The number of hydrogen-bond donors (Lipinski definition) is 0. The molecule has 1 aliphatic heterocycles. The molecule has 0 radical (unpaired) electrons. The molecule has 4 heteroatoms. The summed E-state index contributed by atoms with van der Waals surface area (Å²) in [6.45, 7) is 0. The molecule has 3 rings (SSSR count). The van der Waals surface area contributed by atoms with Crippen molar-refractivity contribution in [2.24, 2.45) is 0 Å². The molecule has 1 atom stereocenters. The largest absolute Gasteiger partial charge is 0.421 e. The van der Waals surface area contributed by atoms with Crippen LogP contribution in [-0.2, 0) is 13.6 Å². The van der Waals surface area contributed by atoms with Crippen molar-refractivity contribution in [3.63, 3.8) is 0 Å². The summed E-state index contributed by atoms with van der Waals surface area (Å²) in [4.78, 5) is 0. The quantitative estimate of drug-likeness (QED) is 0.753. The average molecular weight is 298 g/mol. The Labute approximate surface area is 124 Å². The van der Waals surface area contributed by atoms with E-state index in [1.54, 1.807) is 5.82 Å². The number of hydrogen-bond acceptors (Lipinski definition) is 3. The maximum atomic E-state index is 12.6. The SMILES string of the molecule is COP1(=O)C=C(c2ccccc2)C=C(c2ccccc2)O1. The van der Waals surface area contributed by atoms with E-state index in [1.165, 1.54) is 7.11 Å². The van der Waals surface area contributed by atoms with Gasteiger partial charge in [0.05, 0.1) is 0 Å². The first-order chi connectivity index (χ1) is 10.2. The maximum Gasteiger partial charge on any atom is 0.403 e. The second-order valence-electron chi connectivity index (χ2n) is 4.64. The van der Waals surface area contributed by atoms with E-state index in [2.05, 4.69) is 0 Å². The zero-order valence-electron chi connectivity index (χ0n) is 11.6. The Kier molecular flexibility index (Phi) is 3.78. The average Bonchev–Trinajstić information content (AvgIpc) is 2.56. The van der Waals surface area contributed by atoms with Gasteiger partial charge in [-0.2, -0.15) is 0 Å². The van der Waals surface area contributed by atoms with Crippen LogP contribution >= 0.6 is 7.60 Å². The fourth-order valence-electron chi connectivity index (χ4n) is 2.16. The summed E-state index contributed by atoms with van der Waals surface area (Å²) in [7, 11) is -1.87. The van der Waals surface area contributed by atoms with E-state index in [9.17, 15) is 4.57 Å². The van der Waals surface area contributed by atoms with Crippen LogP contribution in [0.4, 0.5) is 0 Å². The lowest BCUT2D eigenvalue weighted by atomic mass is 10.0. The smallest absolute Gasteiger partial charge is 0.403 e. The van der Waals surface area contributed by atoms with Gasteiger partial charge >= 0.3 is 7.60 Å². The van der Waals surface area contributed by atoms with E-state index in [1.807, 2.05) is 66.7 Å². The summed E-state index contributed by atoms with van der Waals surface area (Å²) in [5.74, 6) is 2.12. The molecule has 0 amide bonds. The molecule has 0 bridgehead atoms. The van der Waals surface area contributed by atoms with Crippen molar-refractivity contribution in [1.29, 1.82) is 0 Å². The van der Waals surface area contributed by atoms with Gasteiger partial charge in [-0.15, -0.1) is 0 Å². The molecule has 0 N–H and O–H groups in total. The van der Waals surface area contributed by atoms with Gasteiger partial charge in [-0.05, 0) is 17.2 Å². The van der Waals surface area contributed by atoms with Crippen LogP contribution in [0, 0.1) is 0 Å². The Morgan fingerprint density at radius 3 is 2.05 bits per heavy atom. The highest BCUT2D eigenvalue weighted by Gasteiger charge is 2.28. The minimum atomic E-state index is -3.27.